The Balaban J connectivity index is 4.36. The third kappa shape index (κ3) is 66.8. The van der Waals surface area contributed by atoms with E-state index in [2.05, 4.69) is 130 Å². The molecule has 0 aromatic heterocycles. The average Bonchev–Trinajstić information content (AvgIpc) is 3.46. The Labute approximate surface area is 501 Å². The smallest absolute Gasteiger partial charge is 0.306 e. The molecule has 0 amide bonds. The maximum atomic E-state index is 12.9. The van der Waals surface area contributed by atoms with E-state index in [0.717, 1.165) is 96.3 Å². The van der Waals surface area contributed by atoms with Crippen LogP contribution < -0.4 is 0 Å². The molecule has 0 saturated heterocycles. The highest BCUT2D eigenvalue weighted by Crippen LogP contribution is 2.17. The summed E-state index contributed by atoms with van der Waals surface area (Å²) in [6, 6.07) is 0. The number of esters is 3. The number of carbonyl (C=O) groups is 3. The molecule has 6 nitrogen and oxygen atoms in total. The van der Waals surface area contributed by atoms with Crippen molar-refractivity contribution in [2.45, 2.75) is 335 Å². The van der Waals surface area contributed by atoms with Gasteiger partial charge in [0, 0.05) is 19.3 Å². The first-order valence-electron chi connectivity index (χ1n) is 34.4. The molecule has 0 aliphatic heterocycles. The largest absolute Gasteiger partial charge is 0.462 e. The second-order valence-corrected chi connectivity index (χ2v) is 22.7. The van der Waals surface area contributed by atoms with Gasteiger partial charge in [-0.3, -0.25) is 14.4 Å². The maximum Gasteiger partial charge on any atom is 0.306 e. The molecule has 0 aliphatic carbocycles. The van der Waals surface area contributed by atoms with E-state index in [1.807, 2.05) is 0 Å². The van der Waals surface area contributed by atoms with Crippen LogP contribution in [0.3, 0.4) is 0 Å². The van der Waals surface area contributed by atoms with Gasteiger partial charge in [-0.1, -0.05) is 316 Å². The van der Waals surface area contributed by atoms with Crippen LogP contribution in [0.15, 0.2) is 109 Å². The first-order chi connectivity index (χ1) is 40.0. The van der Waals surface area contributed by atoms with E-state index in [0.29, 0.717) is 19.3 Å². The van der Waals surface area contributed by atoms with Crippen molar-refractivity contribution in [3.63, 3.8) is 0 Å². The van der Waals surface area contributed by atoms with E-state index >= 15 is 0 Å². The second kappa shape index (κ2) is 68.6. The number of hydrogen-bond acceptors (Lipinski definition) is 6. The van der Waals surface area contributed by atoms with Gasteiger partial charge in [-0.25, -0.2) is 0 Å². The summed E-state index contributed by atoms with van der Waals surface area (Å²) >= 11 is 0. The van der Waals surface area contributed by atoms with Gasteiger partial charge in [-0.05, 0) is 103 Å². The van der Waals surface area contributed by atoms with Gasteiger partial charge in [0.1, 0.15) is 13.2 Å². The Bertz CT molecular complexity index is 1620. The molecular weight excluding hydrogens is 997 g/mol. The second-order valence-electron chi connectivity index (χ2n) is 22.7. The van der Waals surface area contributed by atoms with Crippen molar-refractivity contribution in [2.24, 2.45) is 0 Å². The summed E-state index contributed by atoms with van der Waals surface area (Å²) in [7, 11) is 0. The van der Waals surface area contributed by atoms with Gasteiger partial charge >= 0.3 is 17.9 Å². The van der Waals surface area contributed by atoms with Crippen LogP contribution in [-0.4, -0.2) is 37.2 Å². The van der Waals surface area contributed by atoms with Gasteiger partial charge in [0.05, 0.1) is 0 Å². The fourth-order valence-corrected chi connectivity index (χ4v) is 9.64. The molecule has 1 unspecified atom stereocenters. The van der Waals surface area contributed by atoms with Crippen LogP contribution in [0.4, 0.5) is 0 Å². The summed E-state index contributed by atoms with van der Waals surface area (Å²) in [6.45, 7) is 6.50. The minimum Gasteiger partial charge on any atom is -0.462 e. The zero-order valence-electron chi connectivity index (χ0n) is 53.3. The number of carbonyl (C=O) groups excluding carboxylic acids is 3. The number of ether oxygens (including phenoxy) is 3. The fraction of sp³-hybridized carbons (Fsp3) is 0.720. The van der Waals surface area contributed by atoms with E-state index < -0.39 is 6.10 Å². The Morgan fingerprint density at radius 3 is 0.790 bits per heavy atom. The molecule has 0 aromatic carbocycles. The summed E-state index contributed by atoms with van der Waals surface area (Å²) in [4.78, 5) is 38.4. The number of rotatable bonds is 62. The molecule has 0 saturated carbocycles. The van der Waals surface area contributed by atoms with Crippen LogP contribution in [0.25, 0.3) is 0 Å². The molecule has 464 valence electrons. The lowest BCUT2D eigenvalue weighted by Crippen LogP contribution is -2.30. The lowest BCUT2D eigenvalue weighted by atomic mass is 10.0. The zero-order chi connectivity index (χ0) is 58.5. The zero-order valence-corrected chi connectivity index (χ0v) is 53.3. The van der Waals surface area contributed by atoms with Crippen LogP contribution in [0.1, 0.15) is 329 Å². The minimum absolute atomic E-state index is 0.0988. The Morgan fingerprint density at radius 2 is 0.494 bits per heavy atom. The highest BCUT2D eigenvalue weighted by Gasteiger charge is 2.19. The van der Waals surface area contributed by atoms with Crippen LogP contribution in [-0.2, 0) is 28.6 Å². The van der Waals surface area contributed by atoms with Crippen molar-refractivity contribution < 1.29 is 28.6 Å². The molecule has 6 heteroatoms. The van der Waals surface area contributed by atoms with Crippen LogP contribution in [0.2, 0.25) is 0 Å². The van der Waals surface area contributed by atoms with Crippen molar-refractivity contribution >= 4 is 17.9 Å². The number of allylic oxidation sites excluding steroid dienone is 18. The normalized spacial score (nSPS) is 12.8. The van der Waals surface area contributed by atoms with Crippen molar-refractivity contribution in [3.05, 3.63) is 109 Å². The minimum atomic E-state index is -0.810. The Morgan fingerprint density at radius 1 is 0.259 bits per heavy atom. The quantitative estimate of drug-likeness (QED) is 0.0261. The van der Waals surface area contributed by atoms with Crippen molar-refractivity contribution in [2.75, 3.05) is 13.2 Å². The van der Waals surface area contributed by atoms with Crippen molar-refractivity contribution in [1.82, 2.24) is 0 Å². The molecule has 1 atom stereocenters. The summed E-state index contributed by atoms with van der Waals surface area (Å²) in [6.07, 6.45) is 94.0. The number of hydrogen-bond donors (Lipinski definition) is 0. The molecule has 0 aromatic rings. The summed E-state index contributed by atoms with van der Waals surface area (Å²) in [5.74, 6) is -0.947. The van der Waals surface area contributed by atoms with Gasteiger partial charge in [-0.15, -0.1) is 0 Å². The van der Waals surface area contributed by atoms with Crippen molar-refractivity contribution in [1.29, 1.82) is 0 Å². The van der Waals surface area contributed by atoms with Gasteiger partial charge < -0.3 is 14.2 Å². The molecule has 0 N–H and O–H groups in total. The number of unbranched alkanes of at least 4 members (excludes halogenated alkanes) is 33. The van der Waals surface area contributed by atoms with E-state index in [1.165, 1.54) is 186 Å². The van der Waals surface area contributed by atoms with Gasteiger partial charge in [-0.2, -0.15) is 0 Å². The standard InChI is InChI=1S/C75H128O6/c1-4-7-10-13-16-19-22-25-27-29-31-33-35-36-37-38-40-41-43-45-47-50-53-56-59-62-65-68-74(77)80-71-72(70-79-73(76)67-64-61-58-55-52-49-24-21-18-15-12-9-6-3)81-75(78)69-66-63-60-57-54-51-48-46-44-42-39-34-32-30-28-26-23-20-17-14-11-8-5-2/h8,11,17,20,22,25-26,28-29,31-32,34,42,44,48,51,57,60,72H,4-7,9-10,12-16,18-19,21,23-24,27,30,33,35-41,43,45-47,49-50,52-56,58-59,61-71H2,1-3H3/b11-8-,20-17-,25-22-,28-26-,31-29-,34-32-,44-42-,51-48-,60-57-. The van der Waals surface area contributed by atoms with Gasteiger partial charge in [0.2, 0.25) is 0 Å². The first kappa shape index (κ1) is 77.1. The maximum absolute atomic E-state index is 12.9. The molecule has 0 radical (unpaired) electrons. The van der Waals surface area contributed by atoms with E-state index in [1.54, 1.807) is 0 Å². The SMILES string of the molecule is CC/C=C\C/C=C\C/C=C\C/C=C\C/C=C\C/C=C\C/C=C\CCCC(=O)OC(COC(=O)CCCCCCCCCCCCCCC)COC(=O)CCCCCCCCCCCCCCCCC/C=C\C/C=C\CCCCCCC. The van der Waals surface area contributed by atoms with Crippen molar-refractivity contribution in [3.8, 4) is 0 Å². The highest BCUT2D eigenvalue weighted by atomic mass is 16.6. The van der Waals surface area contributed by atoms with Crippen LogP contribution in [0, 0.1) is 0 Å². The highest BCUT2D eigenvalue weighted by molar-refractivity contribution is 5.71. The van der Waals surface area contributed by atoms with E-state index in [9.17, 15) is 14.4 Å². The summed E-state index contributed by atoms with van der Waals surface area (Å²) < 4.78 is 16.9. The van der Waals surface area contributed by atoms with Gasteiger partial charge in [0.15, 0.2) is 6.10 Å². The van der Waals surface area contributed by atoms with Crippen LogP contribution in [0.5, 0.6) is 0 Å². The predicted octanol–water partition coefficient (Wildman–Crippen LogP) is 23.8. The molecule has 0 fully saturated rings. The van der Waals surface area contributed by atoms with Crippen LogP contribution >= 0.6 is 0 Å². The lowest BCUT2D eigenvalue weighted by molar-refractivity contribution is -0.167. The predicted molar refractivity (Wildman–Crippen MR) is 353 cm³/mol. The molecular formula is C75H128O6. The summed E-state index contributed by atoms with van der Waals surface area (Å²) in [5, 5.41) is 0. The first-order valence-corrected chi connectivity index (χ1v) is 34.4. The molecule has 0 spiro atoms. The Kier molecular flexibility index (Phi) is 65.2. The van der Waals surface area contributed by atoms with E-state index in [-0.39, 0.29) is 37.5 Å². The molecule has 0 heterocycles. The lowest BCUT2D eigenvalue weighted by Gasteiger charge is -2.18. The fourth-order valence-electron chi connectivity index (χ4n) is 9.64. The average molecular weight is 1130 g/mol. The Hall–Kier alpha value is -3.93. The molecule has 81 heavy (non-hydrogen) atoms. The monoisotopic (exact) mass is 1120 g/mol. The third-order valence-electron chi connectivity index (χ3n) is 14.8. The molecule has 0 rings (SSSR count). The van der Waals surface area contributed by atoms with Gasteiger partial charge in [0.25, 0.3) is 0 Å². The summed E-state index contributed by atoms with van der Waals surface area (Å²) in [5.41, 5.74) is 0. The molecule has 0 bridgehead atoms. The topological polar surface area (TPSA) is 78.9 Å². The third-order valence-corrected chi connectivity index (χ3v) is 14.8. The van der Waals surface area contributed by atoms with E-state index in [4.69, 9.17) is 14.2 Å². The molecule has 0 aliphatic rings.